The molecule has 0 saturated heterocycles. The van der Waals surface area contributed by atoms with E-state index < -0.39 is 0 Å². The molecule has 0 aliphatic rings. The Balaban J connectivity index is 2.34. The number of rotatable bonds is 2. The number of carbonyl (C=O) groups is 1. The molecule has 0 radical (unpaired) electrons. The molecule has 0 atom stereocenters. The van der Waals surface area contributed by atoms with Gasteiger partial charge in [-0.25, -0.2) is 0 Å². The second-order valence-electron chi connectivity index (χ2n) is 5.04. The van der Waals surface area contributed by atoms with E-state index in [1.807, 2.05) is 13.1 Å². The summed E-state index contributed by atoms with van der Waals surface area (Å²) >= 11 is 0. The summed E-state index contributed by atoms with van der Waals surface area (Å²) in [6.07, 6.45) is 0. The summed E-state index contributed by atoms with van der Waals surface area (Å²) in [7, 11) is 1.81. The van der Waals surface area contributed by atoms with Gasteiger partial charge >= 0.3 is 0 Å². The van der Waals surface area contributed by atoms with E-state index in [4.69, 9.17) is 0 Å². The minimum absolute atomic E-state index is 0.0450. The molecule has 1 aromatic heterocycles. The van der Waals surface area contributed by atoms with Gasteiger partial charge in [0.15, 0.2) is 0 Å². The number of anilines is 1. The Labute approximate surface area is 118 Å². The van der Waals surface area contributed by atoms with Crippen LogP contribution in [0.2, 0.25) is 0 Å². The van der Waals surface area contributed by atoms with Crippen molar-refractivity contribution in [2.75, 3.05) is 11.9 Å². The Morgan fingerprint density at radius 3 is 2.50 bits per heavy atom. The number of para-hydroxylation sites is 1. The van der Waals surface area contributed by atoms with Gasteiger partial charge < -0.3 is 9.47 Å². The highest BCUT2D eigenvalue weighted by Crippen LogP contribution is 2.31. The predicted molar refractivity (Wildman–Crippen MR) is 84.2 cm³/mol. The number of benzene rings is 2. The lowest BCUT2D eigenvalue weighted by molar-refractivity contribution is -0.116. The standard InChI is InChI=1S/C17H18N2O/c1-4-19-16-8-6-5-7-14(16)15-11-13(9-10-17(15)19)18(3)12(2)20/h5-11H,4H2,1-3H3. The molecule has 1 heterocycles. The second-order valence-corrected chi connectivity index (χ2v) is 5.04. The molecule has 3 rings (SSSR count). The predicted octanol–water partition coefficient (Wildman–Crippen LogP) is 3.80. The number of nitrogens with zero attached hydrogens (tertiary/aromatic N) is 2. The van der Waals surface area contributed by atoms with Gasteiger partial charge in [0.05, 0.1) is 0 Å². The second kappa shape index (κ2) is 4.67. The van der Waals surface area contributed by atoms with Crippen LogP contribution in [0.3, 0.4) is 0 Å². The van der Waals surface area contributed by atoms with E-state index in [1.54, 1.807) is 11.8 Å². The average molecular weight is 266 g/mol. The first-order chi connectivity index (χ1) is 9.63. The molecular formula is C17H18N2O. The summed E-state index contributed by atoms with van der Waals surface area (Å²) in [5.41, 5.74) is 3.39. The topological polar surface area (TPSA) is 25.2 Å². The van der Waals surface area contributed by atoms with Crippen LogP contribution in [0, 0.1) is 0 Å². The Morgan fingerprint density at radius 1 is 1.10 bits per heavy atom. The van der Waals surface area contributed by atoms with Gasteiger partial charge in [0.2, 0.25) is 5.91 Å². The third-order valence-corrected chi connectivity index (χ3v) is 3.93. The highest BCUT2D eigenvalue weighted by molar-refractivity contribution is 6.09. The lowest BCUT2D eigenvalue weighted by Gasteiger charge is -2.15. The highest BCUT2D eigenvalue weighted by atomic mass is 16.2. The van der Waals surface area contributed by atoms with Crippen molar-refractivity contribution in [3.8, 4) is 0 Å². The number of aromatic nitrogens is 1. The molecule has 0 saturated carbocycles. The lowest BCUT2D eigenvalue weighted by atomic mass is 10.1. The number of carbonyl (C=O) groups excluding carboxylic acids is 1. The van der Waals surface area contributed by atoms with E-state index in [0.29, 0.717) is 0 Å². The molecule has 3 aromatic rings. The van der Waals surface area contributed by atoms with Gasteiger partial charge in [0.1, 0.15) is 0 Å². The summed E-state index contributed by atoms with van der Waals surface area (Å²) < 4.78 is 2.31. The van der Waals surface area contributed by atoms with Crippen molar-refractivity contribution >= 4 is 33.4 Å². The Morgan fingerprint density at radius 2 is 1.80 bits per heavy atom. The fraction of sp³-hybridized carbons (Fsp3) is 0.235. The third kappa shape index (κ3) is 1.78. The molecular weight excluding hydrogens is 248 g/mol. The zero-order valence-corrected chi connectivity index (χ0v) is 12.1. The minimum Gasteiger partial charge on any atom is -0.341 e. The quantitative estimate of drug-likeness (QED) is 0.692. The van der Waals surface area contributed by atoms with Crippen LogP contribution >= 0.6 is 0 Å². The van der Waals surface area contributed by atoms with Gasteiger partial charge in [-0.2, -0.15) is 0 Å². The smallest absolute Gasteiger partial charge is 0.223 e. The fourth-order valence-electron chi connectivity index (χ4n) is 2.77. The van der Waals surface area contributed by atoms with E-state index in [9.17, 15) is 4.79 Å². The Kier molecular flexibility index (Phi) is 2.97. The molecule has 0 fully saturated rings. The van der Waals surface area contributed by atoms with E-state index in [2.05, 4.69) is 47.9 Å². The van der Waals surface area contributed by atoms with Crippen molar-refractivity contribution in [2.45, 2.75) is 20.4 Å². The first kappa shape index (κ1) is 12.7. The van der Waals surface area contributed by atoms with E-state index >= 15 is 0 Å². The molecule has 1 amide bonds. The lowest BCUT2D eigenvalue weighted by Crippen LogP contribution is -2.22. The summed E-state index contributed by atoms with van der Waals surface area (Å²) in [6, 6.07) is 14.6. The molecule has 0 bridgehead atoms. The number of aryl methyl sites for hydroxylation is 1. The minimum atomic E-state index is 0.0450. The number of hydrogen-bond acceptors (Lipinski definition) is 1. The van der Waals surface area contributed by atoms with Crippen molar-refractivity contribution in [1.29, 1.82) is 0 Å². The van der Waals surface area contributed by atoms with Gasteiger partial charge in [-0.1, -0.05) is 18.2 Å². The molecule has 0 unspecified atom stereocenters. The zero-order chi connectivity index (χ0) is 14.3. The van der Waals surface area contributed by atoms with E-state index in [1.165, 1.54) is 21.8 Å². The largest absolute Gasteiger partial charge is 0.341 e. The highest BCUT2D eigenvalue weighted by Gasteiger charge is 2.12. The van der Waals surface area contributed by atoms with Gasteiger partial charge in [0, 0.05) is 48.0 Å². The summed E-state index contributed by atoms with van der Waals surface area (Å²) in [5, 5.41) is 2.44. The maximum atomic E-state index is 11.5. The number of fused-ring (bicyclic) bond motifs is 3. The average Bonchev–Trinajstić information content (AvgIpc) is 2.79. The molecule has 0 N–H and O–H groups in total. The monoisotopic (exact) mass is 266 g/mol. The molecule has 0 aliphatic heterocycles. The van der Waals surface area contributed by atoms with E-state index in [-0.39, 0.29) is 5.91 Å². The van der Waals surface area contributed by atoms with Gasteiger partial charge in [-0.15, -0.1) is 0 Å². The van der Waals surface area contributed by atoms with Crippen LogP contribution in [-0.2, 0) is 11.3 Å². The SMILES string of the molecule is CCn1c2ccccc2c2cc(N(C)C(C)=O)ccc21. The summed E-state index contributed by atoms with van der Waals surface area (Å²) in [4.78, 5) is 13.2. The first-order valence-electron chi connectivity index (χ1n) is 6.88. The molecule has 20 heavy (non-hydrogen) atoms. The molecule has 2 aromatic carbocycles. The van der Waals surface area contributed by atoms with Crippen LogP contribution < -0.4 is 4.90 Å². The summed E-state index contributed by atoms with van der Waals surface area (Å²) in [5.74, 6) is 0.0450. The molecule has 3 nitrogen and oxygen atoms in total. The van der Waals surface area contributed by atoms with Crippen molar-refractivity contribution < 1.29 is 4.79 Å². The maximum Gasteiger partial charge on any atom is 0.223 e. The normalized spacial score (nSPS) is 11.2. The van der Waals surface area contributed by atoms with Crippen LogP contribution in [-0.4, -0.2) is 17.5 Å². The summed E-state index contributed by atoms with van der Waals surface area (Å²) in [6.45, 7) is 4.67. The number of amides is 1. The molecule has 102 valence electrons. The molecule has 0 aliphatic carbocycles. The zero-order valence-electron chi connectivity index (χ0n) is 12.1. The van der Waals surface area contributed by atoms with Crippen molar-refractivity contribution in [2.24, 2.45) is 0 Å². The Bertz CT molecular complexity index is 801. The van der Waals surface area contributed by atoms with Gasteiger partial charge in [-0.05, 0) is 31.2 Å². The first-order valence-corrected chi connectivity index (χ1v) is 6.88. The van der Waals surface area contributed by atoms with Crippen LogP contribution in [0.25, 0.3) is 21.8 Å². The number of hydrogen-bond donors (Lipinski definition) is 0. The maximum absolute atomic E-state index is 11.5. The third-order valence-electron chi connectivity index (χ3n) is 3.93. The van der Waals surface area contributed by atoms with Crippen LogP contribution in [0.4, 0.5) is 5.69 Å². The molecule has 0 spiro atoms. The fourth-order valence-corrected chi connectivity index (χ4v) is 2.77. The Hall–Kier alpha value is -2.29. The van der Waals surface area contributed by atoms with Crippen LogP contribution in [0.1, 0.15) is 13.8 Å². The van der Waals surface area contributed by atoms with E-state index in [0.717, 1.165) is 12.2 Å². The van der Waals surface area contributed by atoms with Gasteiger partial charge in [-0.3, -0.25) is 4.79 Å². The molecule has 3 heteroatoms. The van der Waals surface area contributed by atoms with Crippen molar-refractivity contribution in [3.05, 3.63) is 42.5 Å². The van der Waals surface area contributed by atoms with Crippen molar-refractivity contribution in [1.82, 2.24) is 4.57 Å². The van der Waals surface area contributed by atoms with Crippen LogP contribution in [0.15, 0.2) is 42.5 Å². The van der Waals surface area contributed by atoms with Crippen molar-refractivity contribution in [3.63, 3.8) is 0 Å². The van der Waals surface area contributed by atoms with Crippen LogP contribution in [0.5, 0.6) is 0 Å². The van der Waals surface area contributed by atoms with Gasteiger partial charge in [0.25, 0.3) is 0 Å².